The van der Waals surface area contributed by atoms with Crippen LogP contribution < -0.4 is 0 Å². The molecule has 1 nitrogen and oxygen atoms in total. The van der Waals surface area contributed by atoms with E-state index in [2.05, 4.69) is 66.8 Å². The molecule has 0 amide bonds. The molecule has 0 aliphatic heterocycles. The highest BCUT2D eigenvalue weighted by Gasteiger charge is 2.35. The Hall–Kier alpha value is -2.41. The molecule has 0 heterocycles. The summed E-state index contributed by atoms with van der Waals surface area (Å²) in [5.41, 5.74) is 5.56. The topological polar surface area (TPSA) is 17.1 Å². The van der Waals surface area contributed by atoms with E-state index in [1.807, 2.05) is 6.07 Å². The third-order valence-corrected chi connectivity index (χ3v) is 5.82. The van der Waals surface area contributed by atoms with Crippen LogP contribution >= 0.6 is 0 Å². The molecule has 3 aliphatic carbocycles. The minimum absolute atomic E-state index is 0.0634. The zero-order valence-electron chi connectivity index (χ0n) is 15.2. The normalized spacial score (nSPS) is 23.9. The summed E-state index contributed by atoms with van der Waals surface area (Å²) in [6.45, 7) is 0. The van der Waals surface area contributed by atoms with Gasteiger partial charge >= 0.3 is 0 Å². The highest BCUT2D eigenvalue weighted by atomic mass is 16.1. The van der Waals surface area contributed by atoms with E-state index in [9.17, 15) is 4.79 Å². The standard InChI is InChI=1S/C25H26O/c26-25(16-8-11-19-9-2-1-3-10-19)24-18-22(20-12-4-5-13-20)17-23(24)21-14-6-7-15-21/h1-7,9-10,12,14,18,23-24H,8,11,13,15-17H2. The van der Waals surface area contributed by atoms with Gasteiger partial charge in [0.2, 0.25) is 0 Å². The van der Waals surface area contributed by atoms with E-state index in [4.69, 9.17) is 0 Å². The first-order valence-corrected chi connectivity index (χ1v) is 9.80. The lowest BCUT2D eigenvalue weighted by Gasteiger charge is -2.20. The van der Waals surface area contributed by atoms with Gasteiger partial charge in [-0.1, -0.05) is 78.4 Å². The Bertz CT molecular complexity index is 817. The summed E-state index contributed by atoms with van der Waals surface area (Å²) in [7, 11) is 0. The Labute approximate surface area is 156 Å². The van der Waals surface area contributed by atoms with Crippen molar-refractivity contribution in [2.75, 3.05) is 0 Å². The summed E-state index contributed by atoms with van der Waals surface area (Å²) in [6.07, 6.45) is 21.1. The van der Waals surface area contributed by atoms with Crippen LogP contribution in [0.1, 0.15) is 37.7 Å². The third-order valence-electron chi connectivity index (χ3n) is 5.82. The lowest BCUT2D eigenvalue weighted by atomic mass is 9.83. The zero-order valence-corrected chi connectivity index (χ0v) is 15.2. The Morgan fingerprint density at radius 3 is 2.50 bits per heavy atom. The van der Waals surface area contributed by atoms with Gasteiger partial charge in [-0.25, -0.2) is 0 Å². The van der Waals surface area contributed by atoms with Gasteiger partial charge in [-0.15, -0.1) is 0 Å². The number of benzene rings is 1. The largest absolute Gasteiger partial charge is 0.299 e. The average molecular weight is 342 g/mol. The third kappa shape index (κ3) is 3.72. The maximum Gasteiger partial charge on any atom is 0.140 e. The first kappa shape index (κ1) is 17.0. The SMILES string of the molecule is O=C(CCCc1ccccc1)C1C=C(C2=CC=CC2)CC1C1=CC=CC1. The molecule has 0 saturated heterocycles. The monoisotopic (exact) mass is 342 g/mol. The first-order chi connectivity index (χ1) is 12.8. The molecule has 1 aromatic rings. The Balaban J connectivity index is 1.42. The van der Waals surface area contributed by atoms with E-state index >= 15 is 0 Å². The second kappa shape index (κ2) is 7.86. The zero-order chi connectivity index (χ0) is 17.8. The van der Waals surface area contributed by atoms with Crippen molar-refractivity contribution in [2.24, 2.45) is 11.8 Å². The number of hydrogen-bond donors (Lipinski definition) is 0. The second-order valence-corrected chi connectivity index (χ2v) is 7.53. The summed E-state index contributed by atoms with van der Waals surface area (Å²) in [5, 5.41) is 0. The van der Waals surface area contributed by atoms with E-state index in [1.54, 1.807) is 0 Å². The van der Waals surface area contributed by atoms with Crippen molar-refractivity contribution in [3.05, 3.63) is 95.1 Å². The van der Waals surface area contributed by atoms with Crippen LogP contribution in [0.25, 0.3) is 0 Å². The van der Waals surface area contributed by atoms with Crippen LogP contribution in [0.5, 0.6) is 0 Å². The number of carbonyl (C=O) groups is 1. The molecule has 0 N–H and O–H groups in total. The van der Waals surface area contributed by atoms with Crippen LogP contribution in [0.4, 0.5) is 0 Å². The van der Waals surface area contributed by atoms with Crippen molar-refractivity contribution in [3.8, 4) is 0 Å². The fourth-order valence-electron chi connectivity index (χ4n) is 4.38. The number of allylic oxidation sites excluding steroid dienone is 10. The van der Waals surface area contributed by atoms with Gasteiger partial charge in [0.25, 0.3) is 0 Å². The number of carbonyl (C=O) groups excluding carboxylic acids is 1. The average Bonchev–Trinajstić information content (AvgIpc) is 3.42. The van der Waals surface area contributed by atoms with Gasteiger partial charge in [0.15, 0.2) is 0 Å². The van der Waals surface area contributed by atoms with Crippen LogP contribution in [0.2, 0.25) is 0 Å². The summed E-state index contributed by atoms with van der Waals surface area (Å²) in [4.78, 5) is 13.0. The van der Waals surface area contributed by atoms with E-state index in [1.165, 1.54) is 22.3 Å². The summed E-state index contributed by atoms with van der Waals surface area (Å²) in [5.74, 6) is 0.847. The van der Waals surface area contributed by atoms with Crippen molar-refractivity contribution < 1.29 is 4.79 Å². The second-order valence-electron chi connectivity index (χ2n) is 7.53. The quantitative estimate of drug-likeness (QED) is 0.601. The molecule has 0 radical (unpaired) electrons. The highest BCUT2D eigenvalue weighted by molar-refractivity contribution is 5.84. The van der Waals surface area contributed by atoms with Crippen molar-refractivity contribution >= 4 is 5.78 Å². The molecule has 0 fully saturated rings. The maximum atomic E-state index is 13.0. The van der Waals surface area contributed by atoms with Crippen molar-refractivity contribution in [1.29, 1.82) is 0 Å². The highest BCUT2D eigenvalue weighted by Crippen LogP contribution is 2.43. The molecule has 2 unspecified atom stereocenters. The van der Waals surface area contributed by atoms with Crippen molar-refractivity contribution in [2.45, 2.75) is 38.5 Å². The van der Waals surface area contributed by atoms with E-state index in [0.717, 1.165) is 32.1 Å². The first-order valence-electron chi connectivity index (χ1n) is 9.80. The van der Waals surface area contributed by atoms with E-state index in [0.29, 0.717) is 18.1 Å². The Morgan fingerprint density at radius 2 is 1.77 bits per heavy atom. The number of aryl methyl sites for hydroxylation is 1. The maximum absolute atomic E-state index is 13.0. The fraction of sp³-hybridized carbons (Fsp3) is 0.320. The van der Waals surface area contributed by atoms with E-state index < -0.39 is 0 Å². The smallest absolute Gasteiger partial charge is 0.140 e. The lowest BCUT2D eigenvalue weighted by molar-refractivity contribution is -0.122. The minimum atomic E-state index is 0.0634. The Kier molecular flexibility index (Phi) is 5.15. The van der Waals surface area contributed by atoms with Crippen LogP contribution in [-0.4, -0.2) is 5.78 Å². The lowest BCUT2D eigenvalue weighted by Crippen LogP contribution is -2.20. The molecular weight excluding hydrogens is 316 g/mol. The molecular formula is C25H26O. The molecule has 0 spiro atoms. The molecule has 2 atom stereocenters. The van der Waals surface area contributed by atoms with Crippen LogP contribution in [0, 0.1) is 11.8 Å². The van der Waals surface area contributed by atoms with Gasteiger partial charge in [0.05, 0.1) is 0 Å². The summed E-state index contributed by atoms with van der Waals surface area (Å²) < 4.78 is 0. The van der Waals surface area contributed by atoms with Gasteiger partial charge < -0.3 is 0 Å². The predicted octanol–water partition coefficient (Wildman–Crippen LogP) is 5.91. The molecule has 1 aromatic carbocycles. The molecule has 1 heteroatoms. The van der Waals surface area contributed by atoms with Gasteiger partial charge in [-0.2, -0.15) is 0 Å². The van der Waals surface area contributed by atoms with E-state index in [-0.39, 0.29) is 5.92 Å². The van der Waals surface area contributed by atoms with Gasteiger partial charge in [-0.3, -0.25) is 4.79 Å². The molecule has 132 valence electrons. The fourth-order valence-corrected chi connectivity index (χ4v) is 4.38. The van der Waals surface area contributed by atoms with Gasteiger partial charge in [-0.05, 0) is 54.7 Å². The number of Topliss-reactive ketones (excluding diaryl/α,β-unsaturated/α-hetero) is 1. The molecule has 0 aromatic heterocycles. The van der Waals surface area contributed by atoms with Crippen molar-refractivity contribution in [1.82, 2.24) is 0 Å². The van der Waals surface area contributed by atoms with Gasteiger partial charge in [0, 0.05) is 12.3 Å². The minimum Gasteiger partial charge on any atom is -0.299 e. The molecule has 0 saturated carbocycles. The Morgan fingerprint density at radius 1 is 0.962 bits per heavy atom. The summed E-state index contributed by atoms with van der Waals surface area (Å²) >= 11 is 0. The van der Waals surface area contributed by atoms with Crippen LogP contribution in [0.15, 0.2) is 89.6 Å². The molecule has 26 heavy (non-hydrogen) atoms. The molecule has 4 rings (SSSR count). The molecule has 3 aliphatic rings. The van der Waals surface area contributed by atoms with Crippen LogP contribution in [0.3, 0.4) is 0 Å². The number of ketones is 1. The molecule has 0 bridgehead atoms. The number of hydrogen-bond acceptors (Lipinski definition) is 1. The number of rotatable bonds is 7. The van der Waals surface area contributed by atoms with Gasteiger partial charge in [0.1, 0.15) is 5.78 Å². The van der Waals surface area contributed by atoms with Crippen LogP contribution in [-0.2, 0) is 11.2 Å². The summed E-state index contributed by atoms with van der Waals surface area (Å²) in [6, 6.07) is 10.5. The van der Waals surface area contributed by atoms with Crippen molar-refractivity contribution in [3.63, 3.8) is 0 Å². The predicted molar refractivity (Wildman–Crippen MR) is 108 cm³/mol.